The molecule has 0 amide bonds. The number of anilines is 1. The van der Waals surface area contributed by atoms with Crippen molar-refractivity contribution in [3.05, 3.63) is 16.1 Å². The highest BCUT2D eigenvalue weighted by Crippen LogP contribution is 2.28. The van der Waals surface area contributed by atoms with Crippen LogP contribution in [-0.4, -0.2) is 37.8 Å². The Labute approximate surface area is 112 Å². The number of hydrogen-bond donors (Lipinski definition) is 1. The molecule has 2 N–H and O–H groups in total. The zero-order valence-corrected chi connectivity index (χ0v) is 11.9. The molecule has 1 aliphatic rings. The Kier molecular flexibility index (Phi) is 4.74. The summed E-state index contributed by atoms with van der Waals surface area (Å²) in [7, 11) is 0. The lowest BCUT2D eigenvalue weighted by Gasteiger charge is -2.26. The number of ether oxygens (including phenoxy) is 1. The molecule has 2 heterocycles. The van der Waals surface area contributed by atoms with Gasteiger partial charge in [0.15, 0.2) is 5.13 Å². The van der Waals surface area contributed by atoms with Gasteiger partial charge in [0.2, 0.25) is 0 Å². The minimum Gasteiger partial charge on any atom is -0.378 e. The number of aryl methyl sites for hydroxylation is 1. The molecule has 0 aliphatic carbocycles. The molecule has 0 spiro atoms. The van der Waals surface area contributed by atoms with E-state index in [4.69, 9.17) is 10.5 Å². The summed E-state index contributed by atoms with van der Waals surface area (Å²) in [4.78, 5) is 8.19. The van der Waals surface area contributed by atoms with Gasteiger partial charge >= 0.3 is 0 Å². The highest BCUT2D eigenvalue weighted by Gasteiger charge is 2.16. The van der Waals surface area contributed by atoms with Crippen LogP contribution in [0.2, 0.25) is 0 Å². The standard InChI is InChI=1S/C13H21N3OS/c1-3-11(9-14)8-12-10(2)15-13(18-12)16-4-6-17-7-5-16/h8H,3-7,9,14H2,1-2H3. The van der Waals surface area contributed by atoms with Crippen LogP contribution in [-0.2, 0) is 4.74 Å². The van der Waals surface area contributed by atoms with E-state index in [-0.39, 0.29) is 0 Å². The van der Waals surface area contributed by atoms with Crippen molar-refractivity contribution in [2.45, 2.75) is 20.3 Å². The quantitative estimate of drug-likeness (QED) is 0.907. The van der Waals surface area contributed by atoms with Gasteiger partial charge in [0, 0.05) is 19.6 Å². The Balaban J connectivity index is 2.18. The van der Waals surface area contributed by atoms with Crippen molar-refractivity contribution in [1.82, 2.24) is 4.98 Å². The molecule has 0 bridgehead atoms. The molecule has 0 unspecified atom stereocenters. The number of thiazole rings is 1. The second-order valence-corrected chi connectivity index (χ2v) is 5.41. The minimum absolute atomic E-state index is 0.626. The van der Waals surface area contributed by atoms with Crippen LogP contribution in [0.4, 0.5) is 5.13 Å². The third-order valence-electron chi connectivity index (χ3n) is 3.15. The zero-order chi connectivity index (χ0) is 13.0. The number of hydrogen-bond acceptors (Lipinski definition) is 5. The zero-order valence-electron chi connectivity index (χ0n) is 11.1. The Morgan fingerprint density at radius 2 is 2.22 bits per heavy atom. The number of morpholine rings is 1. The van der Waals surface area contributed by atoms with Crippen LogP contribution in [0, 0.1) is 6.92 Å². The summed E-state index contributed by atoms with van der Waals surface area (Å²) in [6.45, 7) is 8.30. The van der Waals surface area contributed by atoms with Crippen LogP contribution in [0.25, 0.3) is 6.08 Å². The number of nitrogens with two attached hydrogens (primary N) is 1. The fourth-order valence-corrected chi connectivity index (χ4v) is 3.02. The molecular weight excluding hydrogens is 246 g/mol. The summed E-state index contributed by atoms with van der Waals surface area (Å²) in [6.07, 6.45) is 3.19. The lowest BCUT2D eigenvalue weighted by molar-refractivity contribution is 0.122. The minimum atomic E-state index is 0.626. The Morgan fingerprint density at radius 1 is 1.50 bits per heavy atom. The smallest absolute Gasteiger partial charge is 0.186 e. The molecule has 0 saturated carbocycles. The first-order valence-corrected chi connectivity index (χ1v) is 7.26. The predicted molar refractivity (Wildman–Crippen MR) is 77.2 cm³/mol. The summed E-state index contributed by atoms with van der Waals surface area (Å²) >= 11 is 1.75. The first-order valence-electron chi connectivity index (χ1n) is 6.44. The monoisotopic (exact) mass is 267 g/mol. The molecule has 4 nitrogen and oxygen atoms in total. The topological polar surface area (TPSA) is 51.4 Å². The van der Waals surface area contributed by atoms with Crippen LogP contribution in [0.15, 0.2) is 5.57 Å². The van der Waals surface area contributed by atoms with E-state index < -0.39 is 0 Å². The van der Waals surface area contributed by atoms with Crippen LogP contribution >= 0.6 is 11.3 Å². The van der Waals surface area contributed by atoms with Crippen LogP contribution in [0.3, 0.4) is 0 Å². The van der Waals surface area contributed by atoms with E-state index >= 15 is 0 Å². The Hall–Kier alpha value is -0.910. The summed E-state index contributed by atoms with van der Waals surface area (Å²) in [6, 6.07) is 0. The average molecular weight is 267 g/mol. The maximum Gasteiger partial charge on any atom is 0.186 e. The average Bonchev–Trinajstić information content (AvgIpc) is 2.78. The van der Waals surface area contributed by atoms with Gasteiger partial charge < -0.3 is 15.4 Å². The molecule has 5 heteroatoms. The van der Waals surface area contributed by atoms with Crippen molar-refractivity contribution in [3.8, 4) is 0 Å². The second kappa shape index (κ2) is 6.31. The van der Waals surface area contributed by atoms with Gasteiger partial charge in [-0.05, 0) is 19.4 Å². The van der Waals surface area contributed by atoms with Gasteiger partial charge in [0.25, 0.3) is 0 Å². The van der Waals surface area contributed by atoms with Gasteiger partial charge in [-0.1, -0.05) is 23.8 Å². The van der Waals surface area contributed by atoms with E-state index in [1.807, 2.05) is 0 Å². The van der Waals surface area contributed by atoms with Crippen LogP contribution in [0.5, 0.6) is 0 Å². The number of aromatic nitrogens is 1. The summed E-state index contributed by atoms with van der Waals surface area (Å²) in [5.74, 6) is 0. The van der Waals surface area contributed by atoms with Crippen molar-refractivity contribution in [3.63, 3.8) is 0 Å². The van der Waals surface area contributed by atoms with E-state index in [1.165, 1.54) is 10.5 Å². The Morgan fingerprint density at radius 3 is 2.83 bits per heavy atom. The fourth-order valence-electron chi connectivity index (χ4n) is 1.91. The van der Waals surface area contributed by atoms with Gasteiger partial charge in [-0.2, -0.15) is 0 Å². The molecule has 1 fully saturated rings. The molecule has 0 aromatic carbocycles. The molecular formula is C13H21N3OS. The first-order chi connectivity index (χ1) is 8.74. The fraction of sp³-hybridized carbons (Fsp3) is 0.615. The highest BCUT2D eigenvalue weighted by atomic mass is 32.1. The van der Waals surface area contributed by atoms with Crippen molar-refractivity contribution < 1.29 is 4.74 Å². The van der Waals surface area contributed by atoms with E-state index in [2.05, 4.69) is 29.8 Å². The third kappa shape index (κ3) is 3.10. The molecule has 2 rings (SSSR count). The van der Waals surface area contributed by atoms with Crippen molar-refractivity contribution in [1.29, 1.82) is 0 Å². The lowest BCUT2D eigenvalue weighted by atomic mass is 10.2. The molecule has 100 valence electrons. The predicted octanol–water partition coefficient (Wildman–Crippen LogP) is 2.04. The van der Waals surface area contributed by atoms with E-state index in [0.29, 0.717) is 6.54 Å². The molecule has 0 atom stereocenters. The molecule has 0 radical (unpaired) electrons. The summed E-state index contributed by atoms with van der Waals surface area (Å²) < 4.78 is 5.36. The van der Waals surface area contributed by atoms with Crippen molar-refractivity contribution in [2.24, 2.45) is 5.73 Å². The highest BCUT2D eigenvalue weighted by molar-refractivity contribution is 7.16. The molecule has 1 aromatic rings. The molecule has 1 aromatic heterocycles. The maximum absolute atomic E-state index is 5.72. The Bertz CT molecular complexity index is 416. The molecule has 1 aliphatic heterocycles. The molecule has 1 saturated heterocycles. The molecule has 18 heavy (non-hydrogen) atoms. The normalized spacial score (nSPS) is 17.3. The number of rotatable bonds is 4. The third-order valence-corrected chi connectivity index (χ3v) is 4.32. The van der Waals surface area contributed by atoms with Gasteiger partial charge in [-0.25, -0.2) is 4.98 Å². The van der Waals surface area contributed by atoms with Crippen LogP contribution < -0.4 is 10.6 Å². The summed E-state index contributed by atoms with van der Waals surface area (Å²) in [5.41, 5.74) is 8.09. The van der Waals surface area contributed by atoms with E-state index in [0.717, 1.165) is 43.5 Å². The SMILES string of the molecule is CCC(=Cc1sc(N2CCOCC2)nc1C)CN. The van der Waals surface area contributed by atoms with Gasteiger partial charge in [0.05, 0.1) is 23.8 Å². The summed E-state index contributed by atoms with van der Waals surface area (Å²) in [5, 5.41) is 1.11. The van der Waals surface area contributed by atoms with Gasteiger partial charge in [-0.15, -0.1) is 0 Å². The number of nitrogens with zero attached hydrogens (tertiary/aromatic N) is 2. The largest absolute Gasteiger partial charge is 0.378 e. The first kappa shape index (κ1) is 13.5. The van der Waals surface area contributed by atoms with E-state index in [9.17, 15) is 0 Å². The van der Waals surface area contributed by atoms with Gasteiger partial charge in [-0.3, -0.25) is 0 Å². The van der Waals surface area contributed by atoms with E-state index in [1.54, 1.807) is 11.3 Å². The van der Waals surface area contributed by atoms with Crippen molar-refractivity contribution >= 4 is 22.5 Å². The van der Waals surface area contributed by atoms with Crippen LogP contribution in [0.1, 0.15) is 23.9 Å². The lowest BCUT2D eigenvalue weighted by Crippen LogP contribution is -2.36. The maximum atomic E-state index is 5.72. The second-order valence-electron chi connectivity index (χ2n) is 4.41. The van der Waals surface area contributed by atoms with Crippen molar-refractivity contribution in [2.75, 3.05) is 37.7 Å². The van der Waals surface area contributed by atoms with Gasteiger partial charge in [0.1, 0.15) is 0 Å².